The van der Waals surface area contributed by atoms with Crippen LogP contribution in [0, 0.1) is 11.7 Å². The molecule has 0 bridgehead atoms. The Bertz CT molecular complexity index is 877. The molecule has 0 unspecified atom stereocenters. The number of nitrogens with one attached hydrogen (secondary N) is 1. The fourth-order valence-electron chi connectivity index (χ4n) is 3.68. The first-order chi connectivity index (χ1) is 14.9. The molecule has 1 saturated heterocycles. The van der Waals surface area contributed by atoms with Crippen molar-refractivity contribution in [1.29, 1.82) is 0 Å². The van der Waals surface area contributed by atoms with Crippen LogP contribution in [0.15, 0.2) is 48.5 Å². The van der Waals surface area contributed by atoms with Crippen molar-refractivity contribution in [2.45, 2.75) is 52.2 Å². The number of hydrogen-bond donors (Lipinski definition) is 1. The lowest BCUT2D eigenvalue weighted by molar-refractivity contribution is -0.121. The van der Waals surface area contributed by atoms with Crippen molar-refractivity contribution in [3.05, 3.63) is 65.5 Å². The maximum absolute atomic E-state index is 13.6. The van der Waals surface area contributed by atoms with E-state index in [-0.39, 0.29) is 36.1 Å². The standard InChI is InChI=1S/C25H31FN2O3/c1-18(2)13-25(30)28(17-20-5-3-6-21(26)14-20)22-10-8-19(9-11-22)15-24(29)27-16-23-7-4-12-31-23/h3,5-6,8-11,14,18,23H,4,7,12-13,15-17H2,1-2H3,(H,27,29)/t23-/m1/s1. The van der Waals surface area contributed by atoms with Gasteiger partial charge >= 0.3 is 0 Å². The molecule has 0 aromatic heterocycles. The molecule has 1 N–H and O–H groups in total. The average molecular weight is 427 g/mol. The van der Waals surface area contributed by atoms with Gasteiger partial charge in [-0.2, -0.15) is 0 Å². The second kappa shape index (κ2) is 11.0. The summed E-state index contributed by atoms with van der Waals surface area (Å²) in [6.07, 6.45) is 2.83. The highest BCUT2D eigenvalue weighted by atomic mass is 19.1. The van der Waals surface area contributed by atoms with Gasteiger partial charge < -0.3 is 15.0 Å². The van der Waals surface area contributed by atoms with Crippen LogP contribution in [0.5, 0.6) is 0 Å². The van der Waals surface area contributed by atoms with Gasteiger partial charge in [-0.15, -0.1) is 0 Å². The summed E-state index contributed by atoms with van der Waals surface area (Å²) in [6, 6.07) is 13.7. The lowest BCUT2D eigenvalue weighted by Crippen LogP contribution is -2.33. The number of anilines is 1. The van der Waals surface area contributed by atoms with E-state index in [2.05, 4.69) is 5.32 Å². The molecule has 0 aliphatic carbocycles. The largest absolute Gasteiger partial charge is 0.376 e. The first-order valence-electron chi connectivity index (χ1n) is 10.9. The third-order valence-electron chi connectivity index (χ3n) is 5.28. The number of amides is 2. The number of benzene rings is 2. The van der Waals surface area contributed by atoms with Gasteiger partial charge in [-0.1, -0.05) is 38.1 Å². The number of carbonyl (C=O) groups excluding carboxylic acids is 2. The highest BCUT2D eigenvalue weighted by molar-refractivity contribution is 5.93. The third kappa shape index (κ3) is 7.17. The number of rotatable bonds is 9. The van der Waals surface area contributed by atoms with Gasteiger partial charge in [0.1, 0.15) is 5.82 Å². The lowest BCUT2D eigenvalue weighted by Gasteiger charge is -2.24. The zero-order chi connectivity index (χ0) is 22.2. The summed E-state index contributed by atoms with van der Waals surface area (Å²) in [5, 5.41) is 2.92. The topological polar surface area (TPSA) is 58.6 Å². The summed E-state index contributed by atoms with van der Waals surface area (Å²) < 4.78 is 19.1. The molecule has 2 aromatic carbocycles. The quantitative estimate of drug-likeness (QED) is 0.652. The Morgan fingerprint density at radius 3 is 2.58 bits per heavy atom. The van der Waals surface area contributed by atoms with E-state index in [9.17, 15) is 14.0 Å². The molecule has 0 saturated carbocycles. The van der Waals surface area contributed by atoms with Gasteiger partial charge in [-0.05, 0) is 54.2 Å². The van der Waals surface area contributed by atoms with Crippen molar-refractivity contribution >= 4 is 17.5 Å². The van der Waals surface area contributed by atoms with Gasteiger partial charge in [0.2, 0.25) is 11.8 Å². The maximum atomic E-state index is 13.6. The monoisotopic (exact) mass is 426 g/mol. The summed E-state index contributed by atoms with van der Waals surface area (Å²) in [5.74, 6) is -0.162. The number of carbonyl (C=O) groups is 2. The molecule has 1 atom stereocenters. The van der Waals surface area contributed by atoms with E-state index in [1.165, 1.54) is 12.1 Å². The molecule has 2 aromatic rings. The Labute approximate surface area is 183 Å². The molecule has 1 fully saturated rings. The van der Waals surface area contributed by atoms with Gasteiger partial charge in [-0.3, -0.25) is 9.59 Å². The number of ether oxygens (including phenoxy) is 1. The first kappa shape index (κ1) is 22.9. The fourth-order valence-corrected chi connectivity index (χ4v) is 3.68. The van der Waals surface area contributed by atoms with Crippen LogP contribution in [0.25, 0.3) is 0 Å². The molecule has 0 spiro atoms. The van der Waals surface area contributed by atoms with Gasteiger partial charge in [-0.25, -0.2) is 4.39 Å². The molecular weight excluding hydrogens is 395 g/mol. The minimum absolute atomic E-state index is 0.0127. The van der Waals surface area contributed by atoms with Crippen molar-refractivity contribution in [3.63, 3.8) is 0 Å². The van der Waals surface area contributed by atoms with E-state index in [4.69, 9.17) is 4.74 Å². The second-order valence-electron chi connectivity index (χ2n) is 8.49. The zero-order valence-electron chi connectivity index (χ0n) is 18.3. The van der Waals surface area contributed by atoms with Crippen LogP contribution in [0.3, 0.4) is 0 Å². The molecule has 166 valence electrons. The van der Waals surface area contributed by atoms with E-state index in [0.29, 0.717) is 19.5 Å². The summed E-state index contributed by atoms with van der Waals surface area (Å²) in [4.78, 5) is 26.8. The minimum atomic E-state index is -0.321. The fraction of sp³-hybridized carbons (Fsp3) is 0.440. The van der Waals surface area contributed by atoms with Crippen LogP contribution in [0.2, 0.25) is 0 Å². The van der Waals surface area contributed by atoms with Gasteiger partial charge in [0.25, 0.3) is 0 Å². The molecule has 5 nitrogen and oxygen atoms in total. The highest BCUT2D eigenvalue weighted by Crippen LogP contribution is 2.21. The molecular formula is C25H31FN2O3. The lowest BCUT2D eigenvalue weighted by atomic mass is 10.1. The SMILES string of the molecule is CC(C)CC(=O)N(Cc1cccc(F)c1)c1ccc(CC(=O)NC[C@H]2CCCO2)cc1. The normalized spacial score (nSPS) is 15.8. The molecule has 1 heterocycles. The molecule has 31 heavy (non-hydrogen) atoms. The Balaban J connectivity index is 1.65. The minimum Gasteiger partial charge on any atom is -0.376 e. The van der Waals surface area contributed by atoms with Crippen LogP contribution in [0.4, 0.5) is 10.1 Å². The zero-order valence-corrected chi connectivity index (χ0v) is 18.3. The van der Waals surface area contributed by atoms with Crippen LogP contribution < -0.4 is 10.2 Å². The van der Waals surface area contributed by atoms with Gasteiger partial charge in [0.05, 0.1) is 19.1 Å². The van der Waals surface area contributed by atoms with E-state index >= 15 is 0 Å². The predicted molar refractivity (Wildman–Crippen MR) is 119 cm³/mol. The second-order valence-corrected chi connectivity index (χ2v) is 8.49. The van der Waals surface area contributed by atoms with Crippen molar-refractivity contribution in [1.82, 2.24) is 5.32 Å². The number of halogens is 1. The highest BCUT2D eigenvalue weighted by Gasteiger charge is 2.19. The van der Waals surface area contributed by atoms with E-state index in [0.717, 1.165) is 36.3 Å². The van der Waals surface area contributed by atoms with Gasteiger partial charge in [0.15, 0.2) is 0 Å². The number of nitrogens with zero attached hydrogens (tertiary/aromatic N) is 1. The average Bonchev–Trinajstić information content (AvgIpc) is 3.24. The van der Waals surface area contributed by atoms with Crippen LogP contribution in [-0.4, -0.2) is 31.1 Å². The first-order valence-corrected chi connectivity index (χ1v) is 10.9. The molecule has 3 rings (SSSR count). The Kier molecular flexibility index (Phi) is 8.18. The van der Waals surface area contributed by atoms with Crippen LogP contribution in [-0.2, 0) is 27.3 Å². The molecule has 2 amide bonds. The molecule has 6 heteroatoms. The Hall–Kier alpha value is -2.73. The van der Waals surface area contributed by atoms with Crippen LogP contribution >= 0.6 is 0 Å². The molecule has 1 aliphatic heterocycles. The van der Waals surface area contributed by atoms with Crippen molar-refractivity contribution < 1.29 is 18.7 Å². The maximum Gasteiger partial charge on any atom is 0.227 e. The predicted octanol–water partition coefficient (Wildman–Crippen LogP) is 4.24. The van der Waals surface area contributed by atoms with Crippen LogP contribution in [0.1, 0.15) is 44.2 Å². The third-order valence-corrected chi connectivity index (χ3v) is 5.28. The van der Waals surface area contributed by atoms with E-state index in [1.54, 1.807) is 11.0 Å². The van der Waals surface area contributed by atoms with E-state index in [1.807, 2.05) is 44.2 Å². The molecule has 1 aliphatic rings. The Morgan fingerprint density at radius 1 is 1.16 bits per heavy atom. The smallest absolute Gasteiger partial charge is 0.227 e. The summed E-state index contributed by atoms with van der Waals surface area (Å²) >= 11 is 0. The summed E-state index contributed by atoms with van der Waals surface area (Å²) in [6.45, 7) is 5.60. The number of hydrogen-bond acceptors (Lipinski definition) is 3. The molecule has 0 radical (unpaired) electrons. The Morgan fingerprint density at radius 2 is 1.94 bits per heavy atom. The summed E-state index contributed by atoms with van der Waals surface area (Å²) in [7, 11) is 0. The van der Waals surface area contributed by atoms with Crippen molar-refractivity contribution in [3.8, 4) is 0 Å². The van der Waals surface area contributed by atoms with Crippen molar-refractivity contribution in [2.75, 3.05) is 18.1 Å². The van der Waals surface area contributed by atoms with E-state index < -0.39 is 0 Å². The van der Waals surface area contributed by atoms with Gasteiger partial charge in [0, 0.05) is 25.3 Å². The van der Waals surface area contributed by atoms with Crippen molar-refractivity contribution in [2.24, 2.45) is 5.92 Å². The summed E-state index contributed by atoms with van der Waals surface area (Å²) in [5.41, 5.74) is 2.34.